The van der Waals surface area contributed by atoms with Gasteiger partial charge in [-0.3, -0.25) is 4.79 Å². The lowest BCUT2D eigenvalue weighted by molar-refractivity contribution is -0.150. The van der Waals surface area contributed by atoms with E-state index in [9.17, 15) is 4.79 Å². The Balaban J connectivity index is 1.50. The zero-order valence-electron chi connectivity index (χ0n) is 19.4. The number of ether oxygens (including phenoxy) is 4. The van der Waals surface area contributed by atoms with Crippen LogP contribution in [-0.4, -0.2) is 44.1 Å². The minimum atomic E-state index is -0.273. The third kappa shape index (κ3) is 6.43. The number of hydrogen-bond donors (Lipinski definition) is 0. The van der Waals surface area contributed by atoms with Gasteiger partial charge in [-0.15, -0.1) is 0 Å². The largest absolute Gasteiger partial charge is 0.462 e. The van der Waals surface area contributed by atoms with Crippen molar-refractivity contribution in [3.05, 3.63) is 23.5 Å². The van der Waals surface area contributed by atoms with E-state index in [2.05, 4.69) is 26.0 Å². The van der Waals surface area contributed by atoms with Gasteiger partial charge in [-0.05, 0) is 89.0 Å². The zero-order valence-corrected chi connectivity index (χ0v) is 19.4. The molecular formula is C26H40O5. The number of allylic oxidation sites excluding steroid dienone is 3. The van der Waals surface area contributed by atoms with Gasteiger partial charge >= 0.3 is 0 Å². The summed E-state index contributed by atoms with van der Waals surface area (Å²) < 4.78 is 24.3. The second-order valence-corrected chi connectivity index (χ2v) is 10.0. The predicted molar refractivity (Wildman–Crippen MR) is 119 cm³/mol. The molecule has 2 heterocycles. The van der Waals surface area contributed by atoms with E-state index in [1.165, 1.54) is 12.0 Å². The van der Waals surface area contributed by atoms with Crippen molar-refractivity contribution in [2.45, 2.75) is 96.6 Å². The lowest BCUT2D eigenvalue weighted by Gasteiger charge is -2.25. The molecule has 0 aromatic carbocycles. The molecule has 2 aliphatic carbocycles. The third-order valence-electron chi connectivity index (χ3n) is 7.34. The summed E-state index contributed by atoms with van der Waals surface area (Å²) in [6.07, 6.45) is 14.2. The smallest absolute Gasteiger partial charge is 0.199 e. The molecular weight excluding hydrogens is 392 g/mol. The van der Waals surface area contributed by atoms with Crippen LogP contribution in [0.4, 0.5) is 0 Å². The van der Waals surface area contributed by atoms with Gasteiger partial charge in [0.25, 0.3) is 0 Å². The Hall–Kier alpha value is -1.17. The standard InChI is InChI=1S/C26H40O5/c1-18(2)14-21-6-5-7-24(27)25(31-26-8-3-4-11-30-26)16-20-10-9-19-15-22(17-23(19)20)29-13-12-28-21/h14,16,19-23,26H,3-13,15,17H2,1-2H3/b25-16-/t19?,20-,21?,22?,23?,26?/m1/s1. The maximum absolute atomic E-state index is 13.2. The molecule has 174 valence electrons. The Morgan fingerprint density at radius 2 is 1.84 bits per heavy atom. The summed E-state index contributed by atoms with van der Waals surface area (Å²) in [4.78, 5) is 13.2. The van der Waals surface area contributed by atoms with E-state index >= 15 is 0 Å². The van der Waals surface area contributed by atoms with Gasteiger partial charge in [0.15, 0.2) is 17.8 Å². The molecule has 5 heteroatoms. The lowest BCUT2D eigenvalue weighted by Crippen LogP contribution is -2.25. The average molecular weight is 433 g/mol. The minimum Gasteiger partial charge on any atom is -0.462 e. The zero-order chi connectivity index (χ0) is 21.6. The Morgan fingerprint density at radius 1 is 0.968 bits per heavy atom. The van der Waals surface area contributed by atoms with Crippen molar-refractivity contribution in [3.63, 3.8) is 0 Å². The maximum atomic E-state index is 13.2. The van der Waals surface area contributed by atoms with Crippen LogP contribution in [0.5, 0.6) is 0 Å². The van der Waals surface area contributed by atoms with E-state index < -0.39 is 0 Å². The van der Waals surface area contributed by atoms with Crippen LogP contribution in [0.1, 0.15) is 78.1 Å². The van der Waals surface area contributed by atoms with Crippen LogP contribution in [0.3, 0.4) is 0 Å². The highest BCUT2D eigenvalue weighted by Gasteiger charge is 2.43. The van der Waals surface area contributed by atoms with Gasteiger partial charge in [0.2, 0.25) is 0 Å². The first-order chi connectivity index (χ1) is 15.1. The van der Waals surface area contributed by atoms with E-state index in [-0.39, 0.29) is 18.2 Å². The molecule has 0 amide bonds. The van der Waals surface area contributed by atoms with Crippen LogP contribution in [0.25, 0.3) is 0 Å². The predicted octanol–water partition coefficient (Wildman–Crippen LogP) is 5.34. The molecule has 2 saturated carbocycles. The molecule has 0 radical (unpaired) electrons. The van der Waals surface area contributed by atoms with E-state index in [1.807, 2.05) is 0 Å². The monoisotopic (exact) mass is 432 g/mol. The fourth-order valence-electron chi connectivity index (χ4n) is 5.85. The number of Topliss-reactive ketones (excluding diaryl/α,β-unsaturated/α-hetero) is 1. The number of carbonyl (C=O) groups excluding carboxylic acids is 1. The fourth-order valence-corrected chi connectivity index (χ4v) is 5.85. The van der Waals surface area contributed by atoms with Crippen molar-refractivity contribution in [1.29, 1.82) is 0 Å². The van der Waals surface area contributed by atoms with Gasteiger partial charge in [0.1, 0.15) is 0 Å². The van der Waals surface area contributed by atoms with Crippen LogP contribution in [0, 0.1) is 17.8 Å². The van der Waals surface area contributed by atoms with E-state index in [0.717, 1.165) is 58.0 Å². The normalized spacial score (nSPS) is 39.2. The highest BCUT2D eigenvalue weighted by atomic mass is 16.7. The number of rotatable bonds is 3. The summed E-state index contributed by atoms with van der Waals surface area (Å²) in [6.45, 7) is 6.18. The third-order valence-corrected chi connectivity index (χ3v) is 7.34. The van der Waals surface area contributed by atoms with Crippen molar-refractivity contribution in [2.24, 2.45) is 17.8 Å². The molecule has 4 aliphatic rings. The van der Waals surface area contributed by atoms with Crippen LogP contribution in [0.2, 0.25) is 0 Å². The van der Waals surface area contributed by atoms with E-state index in [4.69, 9.17) is 18.9 Å². The summed E-state index contributed by atoms with van der Waals surface area (Å²) in [6, 6.07) is 0. The van der Waals surface area contributed by atoms with Crippen LogP contribution >= 0.6 is 0 Å². The van der Waals surface area contributed by atoms with Gasteiger partial charge in [-0.25, -0.2) is 0 Å². The molecule has 0 N–H and O–H groups in total. The maximum Gasteiger partial charge on any atom is 0.199 e. The molecule has 31 heavy (non-hydrogen) atoms. The molecule has 2 bridgehead atoms. The first kappa shape index (κ1) is 23.0. The summed E-state index contributed by atoms with van der Waals surface area (Å²) in [5, 5.41) is 0. The van der Waals surface area contributed by atoms with Crippen LogP contribution in [0.15, 0.2) is 23.5 Å². The average Bonchev–Trinajstić information content (AvgIpc) is 3.31. The van der Waals surface area contributed by atoms with Gasteiger partial charge in [0, 0.05) is 12.8 Å². The van der Waals surface area contributed by atoms with Crippen molar-refractivity contribution in [2.75, 3.05) is 19.8 Å². The van der Waals surface area contributed by atoms with Crippen molar-refractivity contribution in [1.82, 2.24) is 0 Å². The summed E-state index contributed by atoms with van der Waals surface area (Å²) in [5.41, 5.74) is 1.24. The number of hydrogen-bond acceptors (Lipinski definition) is 5. The van der Waals surface area contributed by atoms with Gasteiger partial charge in [0.05, 0.1) is 32.0 Å². The molecule has 0 spiro atoms. The molecule has 6 atom stereocenters. The molecule has 0 aromatic heterocycles. The second kappa shape index (κ2) is 11.1. The fraction of sp³-hybridized carbons (Fsp3) is 0.808. The summed E-state index contributed by atoms with van der Waals surface area (Å²) in [7, 11) is 0. The first-order valence-electron chi connectivity index (χ1n) is 12.5. The quantitative estimate of drug-likeness (QED) is 0.564. The Bertz CT molecular complexity index is 659. The van der Waals surface area contributed by atoms with Gasteiger partial charge in [-0.2, -0.15) is 0 Å². The van der Waals surface area contributed by atoms with Crippen molar-refractivity contribution < 1.29 is 23.7 Å². The van der Waals surface area contributed by atoms with E-state index in [1.54, 1.807) is 0 Å². The minimum absolute atomic E-state index is 0.0362. The summed E-state index contributed by atoms with van der Waals surface area (Å²) in [5.74, 6) is 2.40. The molecule has 0 aromatic rings. The van der Waals surface area contributed by atoms with Crippen LogP contribution in [-0.2, 0) is 23.7 Å². The molecule has 5 nitrogen and oxygen atoms in total. The number of carbonyl (C=O) groups is 1. The van der Waals surface area contributed by atoms with Crippen molar-refractivity contribution >= 4 is 5.78 Å². The Morgan fingerprint density at radius 3 is 2.65 bits per heavy atom. The molecule has 4 rings (SSSR count). The topological polar surface area (TPSA) is 54.0 Å². The van der Waals surface area contributed by atoms with E-state index in [0.29, 0.717) is 49.3 Å². The SMILES string of the molecule is CC(C)=CC1CCCC(=O)/C(OC2CCCCO2)=C/[C@H]2CCC3CC(CC32)OCCO1. The number of fused-ring (bicyclic) bond motifs is 1. The molecule has 1 saturated heterocycles. The number of ketones is 1. The second-order valence-electron chi connectivity index (χ2n) is 10.0. The lowest BCUT2D eigenvalue weighted by atomic mass is 9.91. The van der Waals surface area contributed by atoms with Crippen molar-refractivity contribution in [3.8, 4) is 0 Å². The molecule has 3 fully saturated rings. The Labute approximate surface area is 187 Å². The summed E-state index contributed by atoms with van der Waals surface area (Å²) >= 11 is 0. The first-order valence-corrected chi connectivity index (χ1v) is 12.5. The van der Waals surface area contributed by atoms with Crippen LogP contribution < -0.4 is 0 Å². The van der Waals surface area contributed by atoms with Gasteiger partial charge in [-0.1, -0.05) is 11.6 Å². The molecule has 5 unspecified atom stereocenters. The van der Waals surface area contributed by atoms with Gasteiger partial charge < -0.3 is 18.9 Å². The Kier molecular flexibility index (Phi) is 8.24. The highest BCUT2D eigenvalue weighted by molar-refractivity contribution is 5.93. The highest BCUT2D eigenvalue weighted by Crippen LogP contribution is 2.49. The molecule has 2 aliphatic heterocycles.